The van der Waals surface area contributed by atoms with Gasteiger partial charge in [-0.3, -0.25) is 4.79 Å². The average Bonchev–Trinajstić information content (AvgIpc) is 2.46. The lowest BCUT2D eigenvalue weighted by Crippen LogP contribution is -2.32. The van der Waals surface area contributed by atoms with Crippen LogP contribution in [-0.4, -0.2) is 10.6 Å². The number of carbonyl (C=O) groups is 1. The zero-order valence-electron chi connectivity index (χ0n) is 10.8. The second-order valence-corrected chi connectivity index (χ2v) is 6.21. The van der Waals surface area contributed by atoms with Gasteiger partial charge in [0.1, 0.15) is 16.7 Å². The van der Waals surface area contributed by atoms with Gasteiger partial charge < -0.3 is 4.74 Å². The minimum atomic E-state index is -0.406. The van der Waals surface area contributed by atoms with E-state index < -0.39 is 4.83 Å². The zero-order valence-corrected chi connectivity index (χ0v) is 13.1. The summed E-state index contributed by atoms with van der Waals surface area (Å²) in [4.78, 5) is 12.1. The van der Waals surface area contributed by atoms with Gasteiger partial charge in [0, 0.05) is 5.02 Å². The summed E-state index contributed by atoms with van der Waals surface area (Å²) in [7, 11) is 0. The van der Waals surface area contributed by atoms with Crippen molar-refractivity contribution in [1.29, 1.82) is 0 Å². The molecule has 102 valence electrons. The summed E-state index contributed by atoms with van der Waals surface area (Å²) in [5.74, 6) is 0.600. The summed E-state index contributed by atoms with van der Waals surface area (Å²) in [6.07, 6.45) is -0.322. The van der Waals surface area contributed by atoms with Crippen molar-refractivity contribution in [3.63, 3.8) is 0 Å². The number of halogens is 2. The minimum absolute atomic E-state index is 0.00185. The van der Waals surface area contributed by atoms with Crippen molar-refractivity contribution in [2.24, 2.45) is 0 Å². The quantitative estimate of drug-likeness (QED) is 0.694. The first kappa shape index (κ1) is 13.7. The highest BCUT2D eigenvalue weighted by Crippen LogP contribution is 2.40. The highest BCUT2D eigenvalue weighted by Gasteiger charge is 2.36. The topological polar surface area (TPSA) is 26.3 Å². The van der Waals surface area contributed by atoms with Gasteiger partial charge in [-0.25, -0.2) is 0 Å². The molecule has 0 saturated heterocycles. The molecule has 0 N–H and O–H groups in total. The van der Waals surface area contributed by atoms with Crippen LogP contribution < -0.4 is 4.74 Å². The van der Waals surface area contributed by atoms with Gasteiger partial charge in [-0.2, -0.15) is 0 Å². The lowest BCUT2D eigenvalue weighted by molar-refractivity contribution is 0.0872. The molecule has 0 fully saturated rings. The van der Waals surface area contributed by atoms with E-state index in [-0.39, 0.29) is 11.9 Å². The molecule has 2 nitrogen and oxygen atoms in total. The molecule has 20 heavy (non-hydrogen) atoms. The van der Waals surface area contributed by atoms with Gasteiger partial charge in [0.25, 0.3) is 0 Å². The summed E-state index contributed by atoms with van der Waals surface area (Å²) >= 11 is 9.54. The number of carbonyl (C=O) groups excluding carboxylic acids is 1. The van der Waals surface area contributed by atoms with Crippen molar-refractivity contribution >= 4 is 33.3 Å². The molecule has 2 aromatic rings. The van der Waals surface area contributed by atoms with Crippen LogP contribution in [0.5, 0.6) is 5.75 Å². The molecule has 0 aromatic heterocycles. The predicted octanol–water partition coefficient (Wildman–Crippen LogP) is 4.73. The van der Waals surface area contributed by atoms with Crippen LogP contribution in [0.15, 0.2) is 42.5 Å². The van der Waals surface area contributed by atoms with Crippen LogP contribution in [0.2, 0.25) is 5.02 Å². The summed E-state index contributed by atoms with van der Waals surface area (Å²) in [5.41, 5.74) is 2.41. The molecule has 3 rings (SSSR count). The number of ketones is 1. The number of aryl methyl sites for hydroxylation is 1. The van der Waals surface area contributed by atoms with Gasteiger partial charge >= 0.3 is 0 Å². The smallest absolute Gasteiger partial charge is 0.184 e. The van der Waals surface area contributed by atoms with Crippen molar-refractivity contribution < 1.29 is 9.53 Å². The number of Topliss-reactive ketones (excluding diaryl/α,β-unsaturated/α-hetero) is 1. The molecule has 0 radical (unpaired) electrons. The molecule has 1 aliphatic heterocycles. The number of hydrogen-bond acceptors (Lipinski definition) is 2. The van der Waals surface area contributed by atoms with E-state index in [2.05, 4.69) is 15.9 Å². The van der Waals surface area contributed by atoms with E-state index in [4.69, 9.17) is 16.3 Å². The molecule has 0 aliphatic carbocycles. The van der Waals surface area contributed by atoms with Gasteiger partial charge in [0.15, 0.2) is 5.78 Å². The van der Waals surface area contributed by atoms with Gasteiger partial charge in [-0.05, 0) is 30.2 Å². The molecule has 0 saturated carbocycles. The van der Waals surface area contributed by atoms with Crippen LogP contribution in [-0.2, 0) is 0 Å². The summed E-state index contributed by atoms with van der Waals surface area (Å²) in [5, 5.41) is 0.582. The van der Waals surface area contributed by atoms with Gasteiger partial charge in [0.2, 0.25) is 0 Å². The number of fused-ring (bicyclic) bond motifs is 1. The SMILES string of the molecule is Cc1cc2c(cc1Cl)C(=O)[C@@H](Br)[C@@H](c1ccccc1)O2. The van der Waals surface area contributed by atoms with Crippen molar-refractivity contribution in [1.82, 2.24) is 0 Å². The first-order chi connectivity index (χ1) is 9.58. The van der Waals surface area contributed by atoms with Crippen LogP contribution in [0, 0.1) is 6.92 Å². The Morgan fingerprint density at radius 2 is 1.90 bits per heavy atom. The maximum atomic E-state index is 12.5. The molecule has 4 heteroatoms. The summed E-state index contributed by atoms with van der Waals surface area (Å²) in [6.45, 7) is 1.90. The summed E-state index contributed by atoms with van der Waals surface area (Å²) < 4.78 is 6.01. The van der Waals surface area contributed by atoms with Crippen molar-refractivity contribution in [3.8, 4) is 5.75 Å². The molecule has 0 unspecified atom stereocenters. The van der Waals surface area contributed by atoms with E-state index in [0.29, 0.717) is 16.3 Å². The van der Waals surface area contributed by atoms with E-state index in [1.54, 1.807) is 6.07 Å². The third kappa shape index (κ3) is 2.25. The van der Waals surface area contributed by atoms with E-state index in [0.717, 1.165) is 11.1 Å². The van der Waals surface area contributed by atoms with E-state index in [9.17, 15) is 4.79 Å². The van der Waals surface area contributed by atoms with Crippen LogP contribution in [0.3, 0.4) is 0 Å². The Hall–Kier alpha value is -1.32. The Morgan fingerprint density at radius 1 is 1.20 bits per heavy atom. The minimum Gasteiger partial charge on any atom is -0.483 e. The van der Waals surface area contributed by atoms with Crippen molar-refractivity contribution in [2.75, 3.05) is 0 Å². The number of alkyl halides is 1. The molecule has 2 atom stereocenters. The van der Waals surface area contributed by atoms with Crippen molar-refractivity contribution in [3.05, 3.63) is 64.2 Å². The number of rotatable bonds is 1. The maximum absolute atomic E-state index is 12.5. The standard InChI is InChI=1S/C16H12BrClO2/c1-9-7-13-11(8-12(9)18)15(19)14(17)16(20-13)10-5-3-2-4-6-10/h2-8,14,16H,1H3/t14-,16-/m1/s1. The predicted molar refractivity (Wildman–Crippen MR) is 83.0 cm³/mol. The largest absolute Gasteiger partial charge is 0.483 e. The second kappa shape index (κ2) is 5.23. The van der Waals surface area contributed by atoms with Gasteiger partial charge in [0.05, 0.1) is 5.56 Å². The van der Waals surface area contributed by atoms with E-state index >= 15 is 0 Å². The third-order valence-electron chi connectivity index (χ3n) is 3.42. The fourth-order valence-electron chi connectivity index (χ4n) is 2.31. The average molecular weight is 352 g/mol. The Morgan fingerprint density at radius 3 is 2.60 bits per heavy atom. The lowest BCUT2D eigenvalue weighted by atomic mass is 9.95. The highest BCUT2D eigenvalue weighted by molar-refractivity contribution is 9.10. The molecule has 0 amide bonds. The first-order valence-electron chi connectivity index (χ1n) is 6.28. The molecule has 1 aliphatic rings. The van der Waals surface area contributed by atoms with Crippen LogP contribution in [0.4, 0.5) is 0 Å². The first-order valence-corrected chi connectivity index (χ1v) is 7.57. The molecule has 0 spiro atoms. The highest BCUT2D eigenvalue weighted by atomic mass is 79.9. The van der Waals surface area contributed by atoms with E-state index in [1.165, 1.54) is 0 Å². The Labute approximate surface area is 130 Å². The monoisotopic (exact) mass is 350 g/mol. The van der Waals surface area contributed by atoms with Gasteiger partial charge in [-0.1, -0.05) is 57.9 Å². The Bertz CT molecular complexity index is 670. The van der Waals surface area contributed by atoms with Crippen LogP contribution in [0.1, 0.15) is 27.6 Å². The van der Waals surface area contributed by atoms with Crippen LogP contribution in [0.25, 0.3) is 0 Å². The Balaban J connectivity index is 2.07. The molecule has 0 bridgehead atoms. The summed E-state index contributed by atoms with van der Waals surface area (Å²) in [6, 6.07) is 13.2. The van der Waals surface area contributed by atoms with Crippen molar-refractivity contribution in [2.45, 2.75) is 17.9 Å². The van der Waals surface area contributed by atoms with Crippen LogP contribution >= 0.6 is 27.5 Å². The lowest BCUT2D eigenvalue weighted by Gasteiger charge is -2.30. The zero-order chi connectivity index (χ0) is 14.3. The second-order valence-electron chi connectivity index (χ2n) is 4.81. The molecule has 2 aromatic carbocycles. The van der Waals surface area contributed by atoms with E-state index in [1.807, 2.05) is 43.3 Å². The Kier molecular flexibility index (Phi) is 3.57. The third-order valence-corrected chi connectivity index (χ3v) is 4.73. The number of hydrogen-bond donors (Lipinski definition) is 0. The number of ether oxygens (including phenoxy) is 1. The fraction of sp³-hybridized carbons (Fsp3) is 0.188. The molecule has 1 heterocycles. The normalized spacial score (nSPS) is 21.2. The molecular weight excluding hydrogens is 340 g/mol. The number of benzene rings is 2. The molecular formula is C16H12BrClO2. The maximum Gasteiger partial charge on any atom is 0.184 e. The fourth-order valence-corrected chi connectivity index (χ4v) is 3.13. The van der Waals surface area contributed by atoms with Gasteiger partial charge in [-0.15, -0.1) is 0 Å².